The molecule has 0 spiro atoms. The lowest BCUT2D eigenvalue weighted by atomic mass is 10.1. The van der Waals surface area contributed by atoms with Gasteiger partial charge in [0.05, 0.1) is 12.5 Å². The molecule has 0 heterocycles. The Kier molecular flexibility index (Phi) is 11.3. The lowest BCUT2D eigenvalue weighted by Gasteiger charge is -2.02. The van der Waals surface area contributed by atoms with Crippen LogP contribution in [0.25, 0.3) is 0 Å². The average molecular weight is 320 g/mol. The highest BCUT2D eigenvalue weighted by Crippen LogP contribution is 2.13. The van der Waals surface area contributed by atoms with Crippen LogP contribution in [0.3, 0.4) is 0 Å². The Morgan fingerprint density at radius 2 is 1.43 bits per heavy atom. The molecular formula is C19H28O4. The van der Waals surface area contributed by atoms with E-state index in [1.807, 2.05) is 0 Å². The van der Waals surface area contributed by atoms with Crippen LogP contribution < -0.4 is 0 Å². The summed E-state index contributed by atoms with van der Waals surface area (Å²) in [7, 11) is 0. The van der Waals surface area contributed by atoms with Crippen molar-refractivity contribution in [1.82, 2.24) is 0 Å². The van der Waals surface area contributed by atoms with E-state index in [-0.39, 0.29) is 11.9 Å². The maximum atomic E-state index is 10.9. The van der Waals surface area contributed by atoms with E-state index in [1.165, 1.54) is 37.5 Å². The van der Waals surface area contributed by atoms with Gasteiger partial charge in [-0.2, -0.15) is 0 Å². The summed E-state index contributed by atoms with van der Waals surface area (Å²) in [5, 5.41) is 0. The monoisotopic (exact) mass is 320 g/mol. The van der Waals surface area contributed by atoms with E-state index in [1.54, 1.807) is 6.08 Å². The van der Waals surface area contributed by atoms with Crippen LogP contribution in [0.15, 0.2) is 47.5 Å². The normalized spacial score (nSPS) is 12.2. The molecule has 0 radical (unpaired) electrons. The first-order valence-electron chi connectivity index (χ1n) is 7.80. The molecule has 0 aliphatic heterocycles. The Balaban J connectivity index is 4.50. The molecule has 0 aliphatic carbocycles. The van der Waals surface area contributed by atoms with Crippen LogP contribution >= 0.6 is 0 Å². The molecule has 0 saturated carbocycles. The zero-order valence-electron chi connectivity index (χ0n) is 14.8. The zero-order valence-corrected chi connectivity index (χ0v) is 14.8. The highest BCUT2D eigenvalue weighted by molar-refractivity contribution is 5.67. The summed E-state index contributed by atoms with van der Waals surface area (Å²) in [4.78, 5) is 21.6. The minimum Gasteiger partial charge on any atom is -0.435 e. The van der Waals surface area contributed by atoms with E-state index in [2.05, 4.69) is 32.9 Å². The molecule has 0 aromatic heterocycles. The van der Waals surface area contributed by atoms with Crippen molar-refractivity contribution in [2.75, 3.05) is 0 Å². The van der Waals surface area contributed by atoms with Gasteiger partial charge in [0.25, 0.3) is 0 Å². The third kappa shape index (κ3) is 14.6. The highest BCUT2D eigenvalue weighted by Gasteiger charge is 1.97. The van der Waals surface area contributed by atoms with Crippen LogP contribution in [0.5, 0.6) is 0 Å². The van der Waals surface area contributed by atoms with E-state index >= 15 is 0 Å². The lowest BCUT2D eigenvalue weighted by molar-refractivity contribution is -0.136. The van der Waals surface area contributed by atoms with Gasteiger partial charge in [0.2, 0.25) is 0 Å². The summed E-state index contributed by atoms with van der Waals surface area (Å²) in [6.45, 7) is 8.99. The van der Waals surface area contributed by atoms with Crippen LogP contribution in [-0.4, -0.2) is 11.9 Å². The molecule has 0 aromatic rings. The molecule has 0 bridgehead atoms. The Labute approximate surface area is 139 Å². The van der Waals surface area contributed by atoms with Crippen molar-refractivity contribution in [3.05, 3.63) is 47.5 Å². The van der Waals surface area contributed by atoms with Crippen molar-refractivity contribution in [2.24, 2.45) is 0 Å². The number of hydrogen-bond acceptors (Lipinski definition) is 4. The summed E-state index contributed by atoms with van der Waals surface area (Å²) in [6, 6.07) is 0. The first-order chi connectivity index (χ1) is 10.8. The van der Waals surface area contributed by atoms with E-state index in [0.717, 1.165) is 24.8 Å². The predicted octanol–water partition coefficient (Wildman–Crippen LogP) is 4.98. The van der Waals surface area contributed by atoms with Gasteiger partial charge >= 0.3 is 11.9 Å². The van der Waals surface area contributed by atoms with Gasteiger partial charge in [0.15, 0.2) is 0 Å². The Morgan fingerprint density at radius 1 is 0.826 bits per heavy atom. The maximum Gasteiger partial charge on any atom is 0.307 e. The summed E-state index contributed by atoms with van der Waals surface area (Å²) in [5.74, 6) is -0.764. The van der Waals surface area contributed by atoms with E-state index in [0.29, 0.717) is 6.42 Å². The fourth-order valence-corrected chi connectivity index (χ4v) is 1.73. The molecule has 0 saturated heterocycles. The minimum atomic E-state index is -0.386. The van der Waals surface area contributed by atoms with Crippen LogP contribution in [0.1, 0.15) is 60.3 Å². The van der Waals surface area contributed by atoms with Gasteiger partial charge in [0.1, 0.15) is 0 Å². The fourth-order valence-electron chi connectivity index (χ4n) is 1.73. The molecule has 4 nitrogen and oxygen atoms in total. The molecule has 23 heavy (non-hydrogen) atoms. The van der Waals surface area contributed by atoms with Crippen LogP contribution in [-0.2, 0) is 19.1 Å². The number of ether oxygens (including phenoxy) is 2. The molecule has 4 heteroatoms. The Hall–Kier alpha value is -2.10. The summed E-state index contributed by atoms with van der Waals surface area (Å²) in [6.07, 6.45) is 12.4. The van der Waals surface area contributed by atoms with Gasteiger partial charge in [-0.3, -0.25) is 9.59 Å². The number of hydrogen-bond donors (Lipinski definition) is 0. The Morgan fingerprint density at radius 3 is 2.00 bits per heavy atom. The second-order valence-corrected chi connectivity index (χ2v) is 5.62. The lowest BCUT2D eigenvalue weighted by Crippen LogP contribution is -1.93. The maximum absolute atomic E-state index is 10.9. The van der Waals surface area contributed by atoms with Crippen molar-refractivity contribution in [2.45, 2.75) is 60.3 Å². The predicted molar refractivity (Wildman–Crippen MR) is 92.4 cm³/mol. The molecule has 0 unspecified atom stereocenters. The van der Waals surface area contributed by atoms with E-state index in [9.17, 15) is 9.59 Å². The number of allylic oxidation sites excluding steroid dienone is 6. The second kappa shape index (κ2) is 12.4. The summed E-state index contributed by atoms with van der Waals surface area (Å²) in [5.41, 5.74) is 3.45. The average Bonchev–Trinajstić information content (AvgIpc) is 2.43. The van der Waals surface area contributed by atoms with Crippen molar-refractivity contribution in [3.8, 4) is 0 Å². The van der Waals surface area contributed by atoms with Crippen LogP contribution in [0, 0.1) is 0 Å². The van der Waals surface area contributed by atoms with Gasteiger partial charge in [-0.05, 0) is 58.1 Å². The molecule has 0 atom stereocenters. The molecular weight excluding hydrogens is 292 g/mol. The largest absolute Gasteiger partial charge is 0.435 e. The summed E-state index contributed by atoms with van der Waals surface area (Å²) >= 11 is 0. The zero-order chi connectivity index (χ0) is 17.7. The van der Waals surface area contributed by atoms with Crippen LogP contribution in [0.2, 0.25) is 0 Å². The van der Waals surface area contributed by atoms with Crippen molar-refractivity contribution < 1.29 is 19.1 Å². The Bertz CT molecular complexity index is 503. The number of carbonyl (C=O) groups excluding carboxylic acids is 2. The first kappa shape index (κ1) is 20.9. The minimum absolute atomic E-state index is 0.378. The standard InChI is InChI=1S/C19H28O4/c1-15(2)8-6-9-16(3)10-7-11-19(14-23-18(5)21)12-13-22-17(4)20/h8,10,12-14H,6-7,9,11H2,1-5H3. The fraction of sp³-hybridized carbons (Fsp3) is 0.474. The molecule has 0 aliphatic rings. The van der Waals surface area contributed by atoms with Crippen molar-refractivity contribution in [3.63, 3.8) is 0 Å². The van der Waals surface area contributed by atoms with E-state index < -0.39 is 0 Å². The summed E-state index contributed by atoms with van der Waals surface area (Å²) < 4.78 is 9.65. The van der Waals surface area contributed by atoms with E-state index in [4.69, 9.17) is 9.47 Å². The topological polar surface area (TPSA) is 52.6 Å². The second-order valence-electron chi connectivity index (χ2n) is 5.62. The first-order valence-corrected chi connectivity index (χ1v) is 7.80. The highest BCUT2D eigenvalue weighted by atomic mass is 16.5. The molecule has 0 aromatic carbocycles. The third-order valence-corrected chi connectivity index (χ3v) is 2.91. The quantitative estimate of drug-likeness (QED) is 0.260. The van der Waals surface area contributed by atoms with Crippen molar-refractivity contribution >= 4 is 11.9 Å². The van der Waals surface area contributed by atoms with Gasteiger partial charge in [-0.25, -0.2) is 0 Å². The number of esters is 2. The van der Waals surface area contributed by atoms with Gasteiger partial charge in [0, 0.05) is 13.8 Å². The molecule has 0 fully saturated rings. The number of rotatable bonds is 9. The molecule has 0 N–H and O–H groups in total. The van der Waals surface area contributed by atoms with Gasteiger partial charge in [-0.1, -0.05) is 23.3 Å². The van der Waals surface area contributed by atoms with Crippen LogP contribution in [0.4, 0.5) is 0 Å². The SMILES string of the molecule is CC(=O)OC=CC(=COC(C)=O)CCC=C(C)CCC=C(C)C. The molecule has 128 valence electrons. The van der Waals surface area contributed by atoms with Crippen molar-refractivity contribution in [1.29, 1.82) is 0 Å². The molecule has 0 amide bonds. The molecule has 0 rings (SSSR count). The smallest absolute Gasteiger partial charge is 0.307 e. The third-order valence-electron chi connectivity index (χ3n) is 2.91. The number of carbonyl (C=O) groups is 2. The van der Waals surface area contributed by atoms with Gasteiger partial charge < -0.3 is 9.47 Å². The van der Waals surface area contributed by atoms with Gasteiger partial charge in [-0.15, -0.1) is 0 Å².